The van der Waals surface area contributed by atoms with Crippen molar-refractivity contribution in [2.24, 2.45) is 5.92 Å². The van der Waals surface area contributed by atoms with Crippen LogP contribution in [0.5, 0.6) is 0 Å². The van der Waals surface area contributed by atoms with Crippen LogP contribution in [0.4, 0.5) is 0 Å². The third-order valence-corrected chi connectivity index (χ3v) is 3.52. The fourth-order valence-electron chi connectivity index (χ4n) is 2.37. The summed E-state index contributed by atoms with van der Waals surface area (Å²) in [5.41, 5.74) is 1.23. The van der Waals surface area contributed by atoms with Gasteiger partial charge in [0.2, 0.25) is 5.91 Å². The van der Waals surface area contributed by atoms with E-state index in [9.17, 15) is 4.79 Å². The Morgan fingerprint density at radius 1 is 1.33 bits per heavy atom. The summed E-state index contributed by atoms with van der Waals surface area (Å²) in [6.07, 6.45) is 3.77. The number of carbonyl (C=O) groups is 1. The summed E-state index contributed by atoms with van der Waals surface area (Å²) in [5, 5.41) is 6.36. The lowest BCUT2D eigenvalue weighted by atomic mass is 10.1. The first-order chi connectivity index (χ1) is 8.84. The lowest BCUT2D eigenvalue weighted by Crippen LogP contribution is -2.26. The molecule has 2 N–H and O–H groups in total. The predicted octanol–water partition coefficient (Wildman–Crippen LogP) is 1.73. The highest BCUT2D eigenvalue weighted by atomic mass is 16.1. The molecule has 1 aromatic rings. The van der Waals surface area contributed by atoms with E-state index in [2.05, 4.69) is 22.8 Å². The van der Waals surface area contributed by atoms with Gasteiger partial charge >= 0.3 is 0 Å². The molecular formula is C15H22N2O. The highest BCUT2D eigenvalue weighted by Gasteiger charge is 2.13. The van der Waals surface area contributed by atoms with Gasteiger partial charge in [-0.15, -0.1) is 0 Å². The van der Waals surface area contributed by atoms with Crippen molar-refractivity contribution in [3.8, 4) is 0 Å². The van der Waals surface area contributed by atoms with E-state index < -0.39 is 0 Å². The van der Waals surface area contributed by atoms with Gasteiger partial charge in [0.1, 0.15) is 0 Å². The van der Waals surface area contributed by atoms with Crippen molar-refractivity contribution < 1.29 is 4.79 Å². The average Bonchev–Trinajstić information content (AvgIpc) is 2.91. The largest absolute Gasteiger partial charge is 0.356 e. The Kier molecular flexibility index (Phi) is 5.21. The molecule has 0 spiro atoms. The Labute approximate surface area is 109 Å². The molecule has 1 unspecified atom stereocenters. The van der Waals surface area contributed by atoms with Gasteiger partial charge in [-0.2, -0.15) is 0 Å². The number of amides is 1. The number of benzene rings is 1. The molecule has 1 aliphatic heterocycles. The molecule has 1 atom stereocenters. The molecule has 1 aliphatic rings. The molecule has 0 radical (unpaired) electrons. The lowest BCUT2D eigenvalue weighted by Gasteiger charge is -2.09. The van der Waals surface area contributed by atoms with Crippen LogP contribution in [0, 0.1) is 5.92 Å². The fraction of sp³-hybridized carbons (Fsp3) is 0.533. The number of aryl methyl sites for hydroxylation is 1. The first-order valence-corrected chi connectivity index (χ1v) is 6.86. The molecule has 1 aromatic carbocycles. The van der Waals surface area contributed by atoms with E-state index in [0.29, 0.717) is 6.42 Å². The van der Waals surface area contributed by atoms with Crippen molar-refractivity contribution in [1.29, 1.82) is 0 Å². The van der Waals surface area contributed by atoms with Crippen LogP contribution < -0.4 is 10.6 Å². The second-order valence-corrected chi connectivity index (χ2v) is 4.98. The molecule has 98 valence electrons. The van der Waals surface area contributed by atoms with E-state index in [1.807, 2.05) is 18.2 Å². The Balaban J connectivity index is 1.57. The summed E-state index contributed by atoms with van der Waals surface area (Å²) < 4.78 is 0. The highest BCUT2D eigenvalue weighted by Crippen LogP contribution is 2.10. The van der Waals surface area contributed by atoms with Gasteiger partial charge in [0.25, 0.3) is 0 Å². The van der Waals surface area contributed by atoms with Crippen LogP contribution in [0.15, 0.2) is 30.3 Å². The topological polar surface area (TPSA) is 41.1 Å². The second kappa shape index (κ2) is 7.17. The van der Waals surface area contributed by atoms with Crippen LogP contribution >= 0.6 is 0 Å². The maximum absolute atomic E-state index is 11.7. The predicted molar refractivity (Wildman–Crippen MR) is 73.4 cm³/mol. The quantitative estimate of drug-likeness (QED) is 0.802. The summed E-state index contributed by atoms with van der Waals surface area (Å²) >= 11 is 0. The van der Waals surface area contributed by atoms with Gasteiger partial charge in [0.05, 0.1) is 0 Å². The standard InChI is InChI=1S/C15H22N2O/c18-15(7-6-13-4-2-1-3-5-13)17-11-9-14-8-10-16-12-14/h1-5,14,16H,6-12H2,(H,17,18). The molecule has 2 rings (SSSR count). The minimum Gasteiger partial charge on any atom is -0.356 e. The number of hydrogen-bond acceptors (Lipinski definition) is 2. The third kappa shape index (κ3) is 4.49. The summed E-state index contributed by atoms with van der Waals surface area (Å²) in [5.74, 6) is 0.921. The average molecular weight is 246 g/mol. The molecule has 3 nitrogen and oxygen atoms in total. The summed E-state index contributed by atoms with van der Waals surface area (Å²) in [6.45, 7) is 3.06. The van der Waals surface area contributed by atoms with Crippen molar-refractivity contribution in [3.05, 3.63) is 35.9 Å². The molecule has 0 aromatic heterocycles. The Hall–Kier alpha value is -1.35. The van der Waals surface area contributed by atoms with Gasteiger partial charge in [-0.25, -0.2) is 0 Å². The van der Waals surface area contributed by atoms with Crippen molar-refractivity contribution in [2.45, 2.75) is 25.7 Å². The van der Waals surface area contributed by atoms with Gasteiger partial charge in [0, 0.05) is 13.0 Å². The number of hydrogen-bond donors (Lipinski definition) is 2. The zero-order valence-electron chi connectivity index (χ0n) is 10.8. The van der Waals surface area contributed by atoms with Crippen LogP contribution in [0.25, 0.3) is 0 Å². The monoisotopic (exact) mass is 246 g/mol. The maximum Gasteiger partial charge on any atom is 0.220 e. The molecule has 18 heavy (non-hydrogen) atoms. The Morgan fingerprint density at radius 2 is 2.17 bits per heavy atom. The van der Waals surface area contributed by atoms with E-state index in [-0.39, 0.29) is 5.91 Å². The van der Waals surface area contributed by atoms with E-state index in [1.54, 1.807) is 0 Å². The zero-order valence-corrected chi connectivity index (χ0v) is 10.8. The molecule has 0 saturated carbocycles. The summed E-state index contributed by atoms with van der Waals surface area (Å²) in [4.78, 5) is 11.7. The number of carbonyl (C=O) groups excluding carboxylic acids is 1. The van der Waals surface area contributed by atoms with Crippen molar-refractivity contribution in [1.82, 2.24) is 10.6 Å². The molecule has 3 heteroatoms. The van der Waals surface area contributed by atoms with Crippen molar-refractivity contribution in [3.63, 3.8) is 0 Å². The van der Waals surface area contributed by atoms with Crippen LogP contribution in [0.2, 0.25) is 0 Å². The first-order valence-electron chi connectivity index (χ1n) is 6.86. The second-order valence-electron chi connectivity index (χ2n) is 4.98. The zero-order chi connectivity index (χ0) is 12.6. The fourth-order valence-corrected chi connectivity index (χ4v) is 2.37. The van der Waals surface area contributed by atoms with Gasteiger partial charge in [-0.1, -0.05) is 30.3 Å². The van der Waals surface area contributed by atoms with Crippen LogP contribution in [0.1, 0.15) is 24.8 Å². The minimum absolute atomic E-state index is 0.171. The molecule has 1 heterocycles. The molecule has 0 bridgehead atoms. The van der Waals surface area contributed by atoms with Crippen LogP contribution in [-0.2, 0) is 11.2 Å². The number of nitrogens with one attached hydrogen (secondary N) is 2. The molecule has 0 aliphatic carbocycles. The first kappa shape index (κ1) is 13.1. The van der Waals surface area contributed by atoms with Gasteiger partial charge < -0.3 is 10.6 Å². The third-order valence-electron chi connectivity index (χ3n) is 3.52. The van der Waals surface area contributed by atoms with E-state index in [1.165, 1.54) is 12.0 Å². The van der Waals surface area contributed by atoms with Gasteiger partial charge in [0.15, 0.2) is 0 Å². The molecular weight excluding hydrogens is 224 g/mol. The summed E-state index contributed by atoms with van der Waals surface area (Å²) in [7, 11) is 0. The smallest absolute Gasteiger partial charge is 0.220 e. The highest BCUT2D eigenvalue weighted by molar-refractivity contribution is 5.76. The normalized spacial score (nSPS) is 18.8. The Morgan fingerprint density at radius 3 is 2.89 bits per heavy atom. The van der Waals surface area contributed by atoms with Crippen molar-refractivity contribution in [2.75, 3.05) is 19.6 Å². The summed E-state index contributed by atoms with van der Waals surface area (Å²) in [6, 6.07) is 10.2. The SMILES string of the molecule is O=C(CCc1ccccc1)NCCC1CCNC1. The van der Waals surface area contributed by atoms with Gasteiger partial charge in [-0.3, -0.25) is 4.79 Å². The Bertz CT molecular complexity index is 358. The van der Waals surface area contributed by atoms with Crippen molar-refractivity contribution >= 4 is 5.91 Å². The minimum atomic E-state index is 0.171. The van der Waals surface area contributed by atoms with E-state index in [0.717, 1.165) is 38.4 Å². The maximum atomic E-state index is 11.7. The lowest BCUT2D eigenvalue weighted by molar-refractivity contribution is -0.121. The number of rotatable bonds is 6. The van der Waals surface area contributed by atoms with Gasteiger partial charge in [-0.05, 0) is 43.8 Å². The molecule has 1 amide bonds. The van der Waals surface area contributed by atoms with Crippen LogP contribution in [0.3, 0.4) is 0 Å². The van der Waals surface area contributed by atoms with E-state index >= 15 is 0 Å². The molecule has 1 saturated heterocycles. The van der Waals surface area contributed by atoms with Crippen LogP contribution in [-0.4, -0.2) is 25.5 Å². The molecule has 1 fully saturated rings. The van der Waals surface area contributed by atoms with E-state index in [4.69, 9.17) is 0 Å².